The molecule has 1 aliphatic carbocycles. The van der Waals surface area contributed by atoms with Crippen LogP contribution in [0.4, 0.5) is 4.39 Å². The summed E-state index contributed by atoms with van der Waals surface area (Å²) in [5, 5.41) is 83.5. The van der Waals surface area contributed by atoms with E-state index in [-0.39, 0.29) is 77.2 Å². The van der Waals surface area contributed by atoms with Crippen molar-refractivity contribution >= 4 is 113 Å². The van der Waals surface area contributed by atoms with Crippen molar-refractivity contribution in [3.63, 3.8) is 0 Å². The van der Waals surface area contributed by atoms with Crippen LogP contribution in [0.1, 0.15) is 156 Å². The van der Waals surface area contributed by atoms with Crippen molar-refractivity contribution in [2.24, 2.45) is 34.1 Å². The van der Waals surface area contributed by atoms with E-state index < -0.39 is 81.1 Å². The first-order valence-corrected chi connectivity index (χ1v) is 46.1. The Morgan fingerprint density at radius 1 is 0.449 bits per heavy atom. The third-order valence-electron chi connectivity index (χ3n) is 24.6. The molecule has 15 heterocycles. The molecule has 15 N–H and O–H groups in total. The second-order valence-corrected chi connectivity index (χ2v) is 36.8. The highest BCUT2D eigenvalue weighted by Gasteiger charge is 2.46. The number of amides is 9. The summed E-state index contributed by atoms with van der Waals surface area (Å²) < 4.78 is 32.5. The highest BCUT2D eigenvalue weighted by molar-refractivity contribution is 9.10. The molecule has 0 bridgehead atoms. The molecule has 44 heteroatoms. The van der Waals surface area contributed by atoms with E-state index in [0.29, 0.717) is 133 Å². The van der Waals surface area contributed by atoms with Gasteiger partial charge in [0.05, 0.1) is 40.4 Å². The molecular weight excluding hydrogens is 1960 g/mol. The maximum Gasteiger partial charge on any atom is 0.269 e. The number of rotatable bonds is 12. The Labute approximate surface area is 844 Å². The summed E-state index contributed by atoms with van der Waals surface area (Å²) in [5.74, 6) is 24.8. The summed E-state index contributed by atoms with van der Waals surface area (Å²) in [6.07, 6.45) is 11.2. The molecule has 0 spiro atoms. The number of carbonyl (C=O) groups excluding carboxylic acids is 9. The third-order valence-corrected chi connectivity index (χ3v) is 25.1. The van der Waals surface area contributed by atoms with Gasteiger partial charge >= 0.3 is 0 Å². The Bertz CT molecular complexity index is 8310. The number of ether oxygens (including phenoxy) is 1. The molecule has 11 aromatic heterocycles. The standard InChI is InChI=1S/C22H25N5O3.C21H19N5O4.C20H16BrN5O3.C20H16FN5O3.C20H16N6O3/c1-21(2)7-5-16-15(13-21)18(19(23)28)25-27(16)17-12-14(6-10-24-17)4-8-22(30)9-11-26(3)20(22)29;1-25-10-8-21(29,20(25)28)7-5-13-6-9-23-17(11-13)26-16-4-3-14(30-2)12-15(16)18(24-26)19(22)27;1-25-9-7-20(29,19(25)28)6-4-12-5-8-23-16(10-12)26-15-3-2-13(21)11-14(15)17(24-26)18(22)27;1-25-9-7-20(29,19(25)28)6-4-12-5-8-23-16(10-12)26-15-11-13(21)2-3-14(15)17(24-26)18(22)27;1-12-23-24-19(29-12)20(2,28)9-8-13-5-3-6-14(11-13)26-18-15(7-4-10-22-18)16(25-26)17(21)27/h6,10,12,30H,5,7,9,11,13H2,1-3H3,(H2,23,28);3-4,6,9,11-12,29H,8,10H2,1-2H3,(H2,22,27);2*2-3,5,8,10-11,29H,7,9H2,1H3,(H2,22,27);3-7,10-11,28H,1-2H3,(H2,21,27)/t22-;21-;3*20-/m00001/s1. The molecule has 744 valence electrons. The van der Waals surface area contributed by atoms with Crippen LogP contribution >= 0.6 is 15.9 Å². The highest BCUT2D eigenvalue weighted by atomic mass is 79.9. The predicted molar refractivity (Wildman–Crippen MR) is 531 cm³/mol. The van der Waals surface area contributed by atoms with Crippen LogP contribution < -0.4 is 33.4 Å². The van der Waals surface area contributed by atoms with Crippen molar-refractivity contribution in [1.82, 2.24) is 104 Å². The molecule has 42 nitrogen and oxygen atoms in total. The van der Waals surface area contributed by atoms with Crippen LogP contribution in [0.25, 0.3) is 72.7 Å². The maximum absolute atomic E-state index is 13.8. The summed E-state index contributed by atoms with van der Waals surface area (Å²) in [4.78, 5) is 135. The Morgan fingerprint density at radius 3 is 1.30 bits per heavy atom. The molecule has 15 aromatic rings. The Morgan fingerprint density at radius 2 is 0.864 bits per heavy atom. The van der Waals surface area contributed by atoms with Crippen molar-refractivity contribution in [1.29, 1.82) is 0 Å². The first-order valence-electron chi connectivity index (χ1n) is 45.3. The topological polar surface area (TPSA) is 600 Å². The smallest absolute Gasteiger partial charge is 0.269 e. The van der Waals surface area contributed by atoms with Gasteiger partial charge in [-0.3, -0.25) is 43.2 Å². The van der Waals surface area contributed by atoms with Crippen LogP contribution in [0.5, 0.6) is 5.75 Å². The molecular formula is C103H92BrFN26O16. The second-order valence-electron chi connectivity index (χ2n) is 35.9. The minimum atomic E-state index is -1.72. The number of aromatic nitrogens is 17. The van der Waals surface area contributed by atoms with Crippen LogP contribution in [0.15, 0.2) is 179 Å². The summed E-state index contributed by atoms with van der Waals surface area (Å²) >= 11 is 3.38. The van der Waals surface area contributed by atoms with E-state index in [2.05, 4.69) is 150 Å². The number of carbonyl (C=O) groups is 9. The molecule has 4 aromatic carbocycles. The molecule has 0 unspecified atom stereocenters. The Hall–Kier alpha value is -18.1. The van der Waals surface area contributed by atoms with E-state index in [1.165, 1.54) is 83.0 Å². The minimum absolute atomic E-state index is 0.00723. The quantitative estimate of drug-likeness (QED) is 0.0747. The normalized spacial score (nSPS) is 18.3. The van der Waals surface area contributed by atoms with Crippen LogP contribution in [-0.4, -0.2) is 266 Å². The monoisotopic (exact) mass is 2050 g/mol. The number of hydrogen-bond donors (Lipinski definition) is 10. The molecule has 0 saturated carbocycles. The lowest BCUT2D eigenvalue weighted by molar-refractivity contribution is -0.138. The zero-order valence-corrected chi connectivity index (χ0v) is 81.8. The van der Waals surface area contributed by atoms with Gasteiger partial charge < -0.3 is 83.0 Å². The van der Waals surface area contributed by atoms with Gasteiger partial charge in [0.2, 0.25) is 33.9 Å². The fourth-order valence-electron chi connectivity index (χ4n) is 16.6. The fraction of sp³-hybridized carbons (Fsp3) is 0.252. The van der Waals surface area contributed by atoms with Crippen molar-refractivity contribution in [3.05, 3.63) is 260 Å². The minimum Gasteiger partial charge on any atom is -0.497 e. The molecule has 9 amide bonds. The summed E-state index contributed by atoms with van der Waals surface area (Å²) in [6, 6.07) is 38.2. The first-order chi connectivity index (χ1) is 69.8. The van der Waals surface area contributed by atoms with Gasteiger partial charge in [0.1, 0.15) is 11.6 Å². The molecule has 4 aliphatic heterocycles. The number of halogens is 2. The summed E-state index contributed by atoms with van der Waals surface area (Å²) in [7, 11) is 8.03. The highest BCUT2D eigenvalue weighted by Crippen LogP contribution is 2.39. The zero-order chi connectivity index (χ0) is 105. The number of aliphatic hydroxyl groups is 5. The SMILES string of the molecule is CN1CC[C@@](O)(C#Cc2ccnc(-n3nc(C(N)=O)c4c3CCC(C)(C)C4)c2)C1=O.CN1CC[C@@](O)(C#Cc2ccnc(-n3nc(C(N)=O)c4cc(Br)ccc43)c2)C1=O.CN1CC[C@@](O)(C#Cc2ccnc(-n3nc(C(N)=O)c4ccc(F)cc43)c2)C1=O.COc1ccc2c(c1)c(C(N)=O)nn2-c1cc(C#C[C@]2(O)CCN(C)C2=O)ccn1.Cc1nnc([C@](C)(O)C#Cc2cccc(-n3nc(C(N)=O)c4cccnc43)c2)o1. The lowest BCUT2D eigenvalue weighted by Crippen LogP contribution is -2.37. The Balaban J connectivity index is 0.000000131. The largest absolute Gasteiger partial charge is 0.497 e. The number of methoxy groups -OCH3 is 1. The molecule has 147 heavy (non-hydrogen) atoms. The Kier molecular flexibility index (Phi) is 28.2. The van der Waals surface area contributed by atoms with Crippen LogP contribution in [-0.2, 0) is 37.6 Å². The fourth-order valence-corrected chi connectivity index (χ4v) is 17.0. The third kappa shape index (κ3) is 21.4. The van der Waals surface area contributed by atoms with Gasteiger partial charge in [0.15, 0.2) is 57.4 Å². The average Bonchev–Trinajstić information content (AvgIpc) is 1.66. The number of likely N-dealkylation sites (tertiary alicyclic amines) is 4. The molecule has 20 rings (SSSR count). The number of pyridine rings is 5. The van der Waals surface area contributed by atoms with E-state index in [4.69, 9.17) is 37.8 Å². The van der Waals surface area contributed by atoms with E-state index in [0.717, 1.165) is 35.0 Å². The number of nitrogens with two attached hydrogens (primary N) is 5. The van der Waals surface area contributed by atoms with E-state index in [9.17, 15) is 73.1 Å². The van der Waals surface area contributed by atoms with Gasteiger partial charge in [-0.2, -0.15) is 25.5 Å². The van der Waals surface area contributed by atoms with Gasteiger partial charge in [0.25, 0.3) is 59.1 Å². The average molecular weight is 2050 g/mol. The second kappa shape index (κ2) is 40.7. The molecule has 4 fully saturated rings. The predicted octanol–water partition coefficient (Wildman–Crippen LogP) is 4.60. The first kappa shape index (κ1) is 102. The number of fused-ring (bicyclic) bond motifs is 5. The van der Waals surface area contributed by atoms with E-state index >= 15 is 0 Å². The molecule has 5 aliphatic rings. The summed E-state index contributed by atoms with van der Waals surface area (Å²) in [6.45, 7) is 9.23. The van der Waals surface area contributed by atoms with Gasteiger partial charge in [0, 0.05) is 178 Å². The molecule has 4 saturated heterocycles. The number of nitrogens with zero attached hydrogens (tertiary/aromatic N) is 21. The van der Waals surface area contributed by atoms with Crippen molar-refractivity contribution in [3.8, 4) is 93.9 Å². The van der Waals surface area contributed by atoms with Gasteiger partial charge in [-0.05, 0) is 159 Å². The lowest BCUT2D eigenvalue weighted by atomic mass is 9.76. The zero-order valence-electron chi connectivity index (χ0n) is 80.2. The molecule has 0 radical (unpaired) electrons. The lowest BCUT2D eigenvalue weighted by Gasteiger charge is -2.29. The van der Waals surface area contributed by atoms with Gasteiger partial charge in [-0.1, -0.05) is 95.0 Å². The maximum atomic E-state index is 13.8. The van der Waals surface area contributed by atoms with Crippen molar-refractivity contribution < 1.29 is 82.2 Å². The van der Waals surface area contributed by atoms with E-state index in [1.807, 2.05) is 6.07 Å². The van der Waals surface area contributed by atoms with Crippen LogP contribution in [0.3, 0.4) is 0 Å². The van der Waals surface area contributed by atoms with Crippen molar-refractivity contribution in [2.45, 2.75) is 101 Å². The van der Waals surface area contributed by atoms with Gasteiger partial charge in [-0.15, -0.1) is 10.2 Å². The number of aryl methyl sites for hydroxylation is 1. The van der Waals surface area contributed by atoms with Crippen LogP contribution in [0, 0.1) is 77.4 Å². The van der Waals surface area contributed by atoms with Crippen LogP contribution in [0.2, 0.25) is 0 Å². The van der Waals surface area contributed by atoms with Gasteiger partial charge in [-0.25, -0.2) is 52.7 Å². The molecule has 5 atom stereocenters. The number of hydrogen-bond acceptors (Lipinski definition) is 28. The number of likely N-dealkylation sites (N-methyl/N-ethyl adjacent to an activating group) is 4. The van der Waals surface area contributed by atoms with E-state index in [1.54, 1.807) is 174 Å². The number of primary amides is 5. The van der Waals surface area contributed by atoms with Crippen molar-refractivity contribution in [2.75, 3.05) is 61.5 Å². The summed E-state index contributed by atoms with van der Waals surface area (Å²) in [5.41, 5.74) is 27.0. The number of benzene rings is 4.